The first-order valence-corrected chi connectivity index (χ1v) is 7.62. The fourth-order valence-corrected chi connectivity index (χ4v) is 2.80. The lowest BCUT2D eigenvalue weighted by atomic mass is 10.1. The van der Waals surface area contributed by atoms with Gasteiger partial charge in [-0.3, -0.25) is 9.78 Å². The van der Waals surface area contributed by atoms with Crippen LogP contribution in [0.25, 0.3) is 0 Å². The molecule has 112 valence electrons. The molecule has 21 heavy (non-hydrogen) atoms. The van der Waals surface area contributed by atoms with E-state index in [-0.39, 0.29) is 12.5 Å². The maximum absolute atomic E-state index is 12.7. The van der Waals surface area contributed by atoms with Crippen LogP contribution in [-0.4, -0.2) is 40.1 Å². The Bertz CT molecular complexity index is 545. The molecule has 4 nitrogen and oxygen atoms in total. The van der Waals surface area contributed by atoms with E-state index in [0.717, 1.165) is 25.8 Å². The highest BCUT2D eigenvalue weighted by Crippen LogP contribution is 2.21. The molecule has 1 aromatic heterocycles. The lowest BCUT2D eigenvalue weighted by molar-refractivity contribution is 0.0677. The molecule has 1 atom stereocenters. The Morgan fingerprint density at radius 2 is 2.29 bits per heavy atom. The van der Waals surface area contributed by atoms with Gasteiger partial charge in [-0.2, -0.15) is 0 Å². The molecule has 1 aromatic rings. The van der Waals surface area contributed by atoms with Crippen molar-refractivity contribution in [3.8, 4) is 11.8 Å². The number of carbonyl (C=O) groups is 1. The molecule has 2 rings (SSSR count). The number of hydrogen-bond donors (Lipinski definition) is 1. The highest BCUT2D eigenvalue weighted by molar-refractivity contribution is 5.94. The van der Waals surface area contributed by atoms with Crippen molar-refractivity contribution in [3.63, 3.8) is 0 Å². The zero-order chi connectivity index (χ0) is 15.1. The minimum absolute atomic E-state index is 0.0453. The van der Waals surface area contributed by atoms with Crippen LogP contribution in [0.15, 0.2) is 18.5 Å². The van der Waals surface area contributed by atoms with Crippen molar-refractivity contribution in [2.75, 3.05) is 13.2 Å². The monoisotopic (exact) mass is 286 g/mol. The van der Waals surface area contributed by atoms with Gasteiger partial charge in [-0.05, 0) is 25.3 Å². The van der Waals surface area contributed by atoms with E-state index in [1.54, 1.807) is 18.5 Å². The predicted molar refractivity (Wildman–Crippen MR) is 81.8 cm³/mol. The highest BCUT2D eigenvalue weighted by Gasteiger charge is 2.25. The van der Waals surface area contributed by atoms with Crippen molar-refractivity contribution in [1.82, 2.24) is 9.88 Å². The van der Waals surface area contributed by atoms with E-state index in [0.29, 0.717) is 17.2 Å². The summed E-state index contributed by atoms with van der Waals surface area (Å²) in [4.78, 5) is 18.8. The average molecular weight is 286 g/mol. The fraction of sp³-hybridized carbons (Fsp3) is 0.529. The number of nitrogens with zero attached hydrogens (tertiary/aromatic N) is 2. The molecule has 0 spiro atoms. The summed E-state index contributed by atoms with van der Waals surface area (Å²) in [5, 5.41) is 8.74. The first-order chi connectivity index (χ1) is 10.3. The number of pyridine rings is 1. The maximum atomic E-state index is 12.7. The second-order valence-electron chi connectivity index (χ2n) is 5.33. The van der Waals surface area contributed by atoms with E-state index in [4.69, 9.17) is 5.11 Å². The van der Waals surface area contributed by atoms with E-state index >= 15 is 0 Å². The van der Waals surface area contributed by atoms with Gasteiger partial charge in [0.05, 0.1) is 5.56 Å². The minimum atomic E-state index is -0.192. The second-order valence-corrected chi connectivity index (χ2v) is 5.33. The number of carbonyl (C=O) groups excluding carboxylic acids is 1. The standard InChI is InChI=1S/C17H22N2O2/c1-2-16-8-4-3-5-9-19(16)17(21)15-11-14(7-6-10-20)12-18-13-15/h11-13,16,20H,2-5,8-10H2,1H3. The minimum Gasteiger partial charge on any atom is -0.384 e. The number of aliphatic hydroxyl groups excluding tert-OH is 1. The van der Waals surface area contributed by atoms with E-state index in [9.17, 15) is 4.79 Å². The predicted octanol–water partition coefficient (Wildman–Crippen LogP) is 2.22. The van der Waals surface area contributed by atoms with Crippen molar-refractivity contribution in [1.29, 1.82) is 0 Å². The number of aliphatic hydroxyl groups is 1. The first-order valence-electron chi connectivity index (χ1n) is 7.62. The molecule has 4 heteroatoms. The molecule has 1 aliphatic heterocycles. The van der Waals surface area contributed by atoms with Crippen molar-refractivity contribution in [2.45, 2.75) is 45.1 Å². The molecular formula is C17H22N2O2. The normalized spacial score (nSPS) is 18.6. The Morgan fingerprint density at radius 1 is 1.43 bits per heavy atom. The second kappa shape index (κ2) is 7.80. The third kappa shape index (κ3) is 4.05. The smallest absolute Gasteiger partial charge is 0.255 e. The number of amides is 1. The van der Waals surface area contributed by atoms with E-state index in [2.05, 4.69) is 23.7 Å². The fourth-order valence-electron chi connectivity index (χ4n) is 2.80. The average Bonchev–Trinajstić information content (AvgIpc) is 2.77. The summed E-state index contributed by atoms with van der Waals surface area (Å²) in [6, 6.07) is 2.09. The molecule has 1 N–H and O–H groups in total. The van der Waals surface area contributed by atoms with Gasteiger partial charge in [-0.25, -0.2) is 0 Å². The van der Waals surface area contributed by atoms with Crippen molar-refractivity contribution >= 4 is 5.91 Å². The number of hydrogen-bond acceptors (Lipinski definition) is 3. The summed E-state index contributed by atoms with van der Waals surface area (Å²) in [5.41, 5.74) is 1.25. The van der Waals surface area contributed by atoms with Crippen LogP contribution < -0.4 is 0 Å². The molecule has 1 amide bonds. The lowest BCUT2D eigenvalue weighted by Gasteiger charge is -2.29. The molecule has 0 radical (unpaired) electrons. The van der Waals surface area contributed by atoms with Crippen molar-refractivity contribution in [2.24, 2.45) is 0 Å². The van der Waals surface area contributed by atoms with Crippen LogP contribution in [0.2, 0.25) is 0 Å². The number of likely N-dealkylation sites (tertiary alicyclic amines) is 1. The molecule has 1 aliphatic rings. The van der Waals surface area contributed by atoms with Gasteiger partial charge in [-0.1, -0.05) is 31.6 Å². The zero-order valence-electron chi connectivity index (χ0n) is 12.5. The van der Waals surface area contributed by atoms with Crippen LogP contribution in [0.4, 0.5) is 0 Å². The van der Waals surface area contributed by atoms with E-state index in [1.165, 1.54) is 12.8 Å². The summed E-state index contributed by atoms with van der Waals surface area (Å²) in [6.45, 7) is 2.77. The molecule has 1 saturated heterocycles. The quantitative estimate of drug-likeness (QED) is 0.848. The molecule has 0 aliphatic carbocycles. The third-order valence-corrected chi connectivity index (χ3v) is 3.91. The van der Waals surface area contributed by atoms with Gasteiger partial charge in [0.15, 0.2) is 0 Å². The van der Waals surface area contributed by atoms with E-state index in [1.807, 2.05) is 4.90 Å². The SMILES string of the molecule is CCC1CCCCCN1C(=O)c1cncc(C#CCO)c1. The van der Waals surface area contributed by atoms with Gasteiger partial charge in [0.2, 0.25) is 0 Å². The number of rotatable bonds is 2. The lowest BCUT2D eigenvalue weighted by Crippen LogP contribution is -2.39. The Labute approximate surface area is 126 Å². The van der Waals surface area contributed by atoms with Gasteiger partial charge in [-0.15, -0.1) is 0 Å². The third-order valence-electron chi connectivity index (χ3n) is 3.91. The maximum Gasteiger partial charge on any atom is 0.255 e. The molecule has 1 fully saturated rings. The van der Waals surface area contributed by atoms with Crippen LogP contribution in [0.3, 0.4) is 0 Å². The van der Waals surface area contributed by atoms with Crippen LogP contribution >= 0.6 is 0 Å². The van der Waals surface area contributed by atoms with E-state index < -0.39 is 0 Å². The molecule has 0 saturated carbocycles. The Morgan fingerprint density at radius 3 is 3.05 bits per heavy atom. The van der Waals surface area contributed by atoms with Crippen LogP contribution in [0.5, 0.6) is 0 Å². The molecule has 0 bridgehead atoms. The summed E-state index contributed by atoms with van der Waals surface area (Å²) in [6.07, 6.45) is 8.74. The van der Waals surface area contributed by atoms with Gasteiger partial charge in [0.1, 0.15) is 6.61 Å². The Hall–Kier alpha value is -1.86. The van der Waals surface area contributed by atoms with Crippen LogP contribution in [-0.2, 0) is 0 Å². The zero-order valence-corrected chi connectivity index (χ0v) is 12.5. The van der Waals surface area contributed by atoms with Gasteiger partial charge in [0.25, 0.3) is 5.91 Å². The molecular weight excluding hydrogens is 264 g/mol. The van der Waals surface area contributed by atoms with Gasteiger partial charge >= 0.3 is 0 Å². The molecule has 0 aromatic carbocycles. The summed E-state index contributed by atoms with van der Waals surface area (Å²) >= 11 is 0. The Kier molecular flexibility index (Phi) is 5.77. The summed E-state index contributed by atoms with van der Waals surface area (Å²) < 4.78 is 0. The number of aromatic nitrogens is 1. The van der Waals surface area contributed by atoms with Gasteiger partial charge in [0, 0.05) is 30.5 Å². The highest BCUT2D eigenvalue weighted by atomic mass is 16.2. The summed E-state index contributed by atoms with van der Waals surface area (Å²) in [7, 11) is 0. The van der Waals surface area contributed by atoms with Crippen LogP contribution in [0, 0.1) is 11.8 Å². The molecule has 2 heterocycles. The van der Waals surface area contributed by atoms with Crippen molar-refractivity contribution < 1.29 is 9.90 Å². The van der Waals surface area contributed by atoms with Crippen LogP contribution in [0.1, 0.15) is 54.9 Å². The summed E-state index contributed by atoms with van der Waals surface area (Å²) in [5.74, 6) is 5.42. The Balaban J connectivity index is 2.21. The van der Waals surface area contributed by atoms with Crippen molar-refractivity contribution in [3.05, 3.63) is 29.6 Å². The largest absolute Gasteiger partial charge is 0.384 e. The topological polar surface area (TPSA) is 53.4 Å². The van der Waals surface area contributed by atoms with Gasteiger partial charge < -0.3 is 10.0 Å². The molecule has 1 unspecified atom stereocenters. The first kappa shape index (κ1) is 15.5.